The van der Waals surface area contributed by atoms with Crippen molar-refractivity contribution in [3.8, 4) is 5.75 Å². The first-order chi connectivity index (χ1) is 11.6. The minimum absolute atomic E-state index is 0.253. The molecule has 2 aromatic heterocycles. The average molecular weight is 341 g/mol. The number of para-hydroxylation sites is 2. The Hall–Kier alpha value is -2.60. The van der Waals surface area contributed by atoms with Crippen LogP contribution < -0.4 is 15.8 Å². The van der Waals surface area contributed by atoms with Crippen LogP contribution in [0.4, 0.5) is 11.4 Å². The predicted molar refractivity (Wildman–Crippen MR) is 99.0 cm³/mol. The molecule has 0 atom stereocenters. The van der Waals surface area contributed by atoms with E-state index >= 15 is 0 Å². The number of pyridine rings is 1. The number of methoxy groups -OCH3 is 1. The molecule has 124 valence electrons. The van der Waals surface area contributed by atoms with Gasteiger partial charge in [0.2, 0.25) is 0 Å². The summed E-state index contributed by atoms with van der Waals surface area (Å²) in [6.07, 6.45) is 1.94. The number of benzene rings is 1. The van der Waals surface area contributed by atoms with Gasteiger partial charge in [0.25, 0.3) is 5.91 Å². The van der Waals surface area contributed by atoms with Gasteiger partial charge in [-0.2, -0.15) is 0 Å². The van der Waals surface area contributed by atoms with Crippen LogP contribution in [0.1, 0.15) is 28.7 Å². The molecule has 0 spiro atoms. The highest BCUT2D eigenvalue weighted by atomic mass is 32.1. The lowest BCUT2D eigenvalue weighted by Crippen LogP contribution is -2.12. The van der Waals surface area contributed by atoms with Gasteiger partial charge in [0.05, 0.1) is 18.5 Å². The SMILES string of the molecule is CCCc1ccc2c(N)c(C(=O)Nc3ccccc3OC)sc2n1. The van der Waals surface area contributed by atoms with E-state index in [9.17, 15) is 4.79 Å². The normalized spacial score (nSPS) is 10.8. The third-order valence-corrected chi connectivity index (χ3v) is 4.83. The molecule has 2 heterocycles. The predicted octanol–water partition coefficient (Wildman–Crippen LogP) is 4.09. The largest absolute Gasteiger partial charge is 0.495 e. The number of carbonyl (C=O) groups is 1. The molecule has 0 unspecified atom stereocenters. The van der Waals surface area contributed by atoms with E-state index in [0.717, 1.165) is 28.8 Å². The molecule has 0 bridgehead atoms. The molecule has 0 saturated carbocycles. The van der Waals surface area contributed by atoms with E-state index in [1.807, 2.05) is 24.3 Å². The Bertz CT molecular complexity index is 889. The molecule has 0 aliphatic heterocycles. The molecule has 6 heteroatoms. The van der Waals surface area contributed by atoms with Crippen molar-refractivity contribution in [2.45, 2.75) is 19.8 Å². The van der Waals surface area contributed by atoms with Crippen molar-refractivity contribution in [1.29, 1.82) is 0 Å². The minimum atomic E-state index is -0.253. The van der Waals surface area contributed by atoms with Crippen molar-refractivity contribution in [2.24, 2.45) is 0 Å². The van der Waals surface area contributed by atoms with Crippen LogP contribution in [0.5, 0.6) is 5.75 Å². The number of hydrogen-bond donors (Lipinski definition) is 2. The third kappa shape index (κ3) is 3.05. The van der Waals surface area contributed by atoms with Crippen molar-refractivity contribution in [3.05, 3.63) is 47.0 Å². The molecule has 1 aromatic carbocycles. The first-order valence-corrected chi connectivity index (χ1v) is 8.58. The Morgan fingerprint density at radius 1 is 1.29 bits per heavy atom. The van der Waals surface area contributed by atoms with Gasteiger partial charge in [-0.05, 0) is 30.7 Å². The maximum Gasteiger partial charge on any atom is 0.268 e. The van der Waals surface area contributed by atoms with E-state index in [4.69, 9.17) is 10.5 Å². The number of carbonyl (C=O) groups excluding carboxylic acids is 1. The zero-order valence-corrected chi connectivity index (χ0v) is 14.4. The third-order valence-electron chi connectivity index (χ3n) is 3.72. The van der Waals surface area contributed by atoms with E-state index in [2.05, 4.69) is 17.2 Å². The molecule has 1 amide bonds. The van der Waals surface area contributed by atoms with Crippen LogP contribution in [0.25, 0.3) is 10.2 Å². The molecular formula is C18H19N3O2S. The summed E-state index contributed by atoms with van der Waals surface area (Å²) in [5.74, 6) is 0.353. The van der Waals surface area contributed by atoms with Crippen LogP contribution >= 0.6 is 11.3 Å². The number of ether oxygens (including phenoxy) is 1. The smallest absolute Gasteiger partial charge is 0.268 e. The Labute approximate surface area is 144 Å². The molecule has 0 aliphatic rings. The van der Waals surface area contributed by atoms with Gasteiger partial charge in [-0.1, -0.05) is 25.5 Å². The monoisotopic (exact) mass is 341 g/mol. The van der Waals surface area contributed by atoms with E-state index < -0.39 is 0 Å². The fourth-order valence-corrected chi connectivity index (χ4v) is 3.53. The van der Waals surface area contributed by atoms with Gasteiger partial charge in [0.15, 0.2) is 0 Å². The molecule has 3 N–H and O–H groups in total. The zero-order valence-electron chi connectivity index (χ0n) is 13.6. The number of aryl methyl sites for hydroxylation is 1. The number of rotatable bonds is 5. The van der Waals surface area contributed by atoms with Crippen molar-refractivity contribution in [3.63, 3.8) is 0 Å². The summed E-state index contributed by atoms with van der Waals surface area (Å²) >= 11 is 1.32. The van der Waals surface area contributed by atoms with Crippen molar-refractivity contribution < 1.29 is 9.53 Å². The van der Waals surface area contributed by atoms with Crippen LogP contribution in [-0.2, 0) is 6.42 Å². The molecular weight excluding hydrogens is 322 g/mol. The van der Waals surface area contributed by atoms with Gasteiger partial charge >= 0.3 is 0 Å². The van der Waals surface area contributed by atoms with Gasteiger partial charge in [0, 0.05) is 11.1 Å². The lowest BCUT2D eigenvalue weighted by molar-refractivity contribution is 0.103. The zero-order chi connectivity index (χ0) is 17.1. The molecule has 3 rings (SSSR count). The summed E-state index contributed by atoms with van der Waals surface area (Å²) in [4.78, 5) is 18.5. The summed E-state index contributed by atoms with van der Waals surface area (Å²) in [6, 6.07) is 11.2. The Kier molecular flexibility index (Phi) is 4.66. The number of aromatic nitrogens is 1. The van der Waals surface area contributed by atoms with Crippen LogP contribution in [0.2, 0.25) is 0 Å². The van der Waals surface area contributed by atoms with E-state index in [-0.39, 0.29) is 5.91 Å². The standard InChI is InChI=1S/C18H19N3O2S/c1-3-6-11-9-10-12-15(19)16(24-18(12)20-11)17(22)21-13-7-4-5-8-14(13)23-2/h4-5,7-10H,3,6,19H2,1-2H3,(H,21,22). The fraction of sp³-hybridized carbons (Fsp3) is 0.222. The average Bonchev–Trinajstić information content (AvgIpc) is 2.92. The minimum Gasteiger partial charge on any atom is -0.495 e. The number of nitrogens with one attached hydrogen (secondary N) is 1. The Morgan fingerprint density at radius 2 is 2.08 bits per heavy atom. The summed E-state index contributed by atoms with van der Waals surface area (Å²) in [5.41, 5.74) is 8.27. The van der Waals surface area contributed by atoms with E-state index in [1.54, 1.807) is 19.2 Å². The number of fused-ring (bicyclic) bond motifs is 1. The van der Waals surface area contributed by atoms with E-state index in [1.165, 1.54) is 11.3 Å². The van der Waals surface area contributed by atoms with Gasteiger partial charge in [-0.25, -0.2) is 4.98 Å². The first-order valence-electron chi connectivity index (χ1n) is 7.76. The first kappa shape index (κ1) is 16.3. The van der Waals surface area contributed by atoms with Crippen LogP contribution in [0.3, 0.4) is 0 Å². The lowest BCUT2D eigenvalue weighted by atomic mass is 10.2. The summed E-state index contributed by atoms with van der Waals surface area (Å²) < 4.78 is 5.26. The highest BCUT2D eigenvalue weighted by Gasteiger charge is 2.18. The second-order valence-electron chi connectivity index (χ2n) is 5.40. The topological polar surface area (TPSA) is 77.2 Å². The molecule has 0 saturated heterocycles. The summed E-state index contributed by atoms with van der Waals surface area (Å²) in [7, 11) is 1.57. The maximum absolute atomic E-state index is 12.6. The second kappa shape index (κ2) is 6.88. The number of thiophene rings is 1. The molecule has 5 nitrogen and oxygen atoms in total. The number of anilines is 2. The quantitative estimate of drug-likeness (QED) is 0.733. The van der Waals surface area contributed by atoms with Crippen LogP contribution in [0.15, 0.2) is 36.4 Å². The number of nitrogens with zero attached hydrogens (tertiary/aromatic N) is 1. The molecule has 24 heavy (non-hydrogen) atoms. The highest BCUT2D eigenvalue weighted by Crippen LogP contribution is 2.34. The summed E-state index contributed by atoms with van der Waals surface area (Å²) in [5, 5.41) is 3.68. The van der Waals surface area contributed by atoms with Gasteiger partial charge in [0.1, 0.15) is 15.5 Å². The Morgan fingerprint density at radius 3 is 2.83 bits per heavy atom. The number of nitrogens with two attached hydrogens (primary N) is 1. The Balaban J connectivity index is 1.93. The second-order valence-corrected chi connectivity index (χ2v) is 6.40. The highest BCUT2D eigenvalue weighted by molar-refractivity contribution is 7.21. The van der Waals surface area contributed by atoms with Gasteiger partial charge in [-0.3, -0.25) is 4.79 Å². The fourth-order valence-electron chi connectivity index (χ4n) is 2.53. The van der Waals surface area contributed by atoms with Gasteiger partial charge < -0.3 is 15.8 Å². The van der Waals surface area contributed by atoms with Crippen LogP contribution in [-0.4, -0.2) is 18.0 Å². The number of hydrogen-bond acceptors (Lipinski definition) is 5. The molecule has 3 aromatic rings. The van der Waals surface area contributed by atoms with Crippen molar-refractivity contribution in [2.75, 3.05) is 18.2 Å². The summed E-state index contributed by atoms with van der Waals surface area (Å²) in [6.45, 7) is 2.11. The molecule has 0 aliphatic carbocycles. The van der Waals surface area contributed by atoms with Crippen molar-refractivity contribution in [1.82, 2.24) is 4.98 Å². The number of amides is 1. The van der Waals surface area contributed by atoms with E-state index in [0.29, 0.717) is 22.0 Å². The molecule has 0 fully saturated rings. The maximum atomic E-state index is 12.6. The van der Waals surface area contributed by atoms with Gasteiger partial charge in [-0.15, -0.1) is 11.3 Å². The van der Waals surface area contributed by atoms with Crippen molar-refractivity contribution >= 4 is 38.8 Å². The number of nitrogen functional groups attached to an aromatic ring is 1. The van der Waals surface area contributed by atoms with Crippen LogP contribution in [0, 0.1) is 0 Å². The molecule has 0 radical (unpaired) electrons. The lowest BCUT2D eigenvalue weighted by Gasteiger charge is -2.09.